The third-order valence-corrected chi connectivity index (χ3v) is 4.34. The van der Waals surface area contributed by atoms with Crippen molar-refractivity contribution in [2.24, 2.45) is 5.14 Å². The number of fused-ring (bicyclic) bond motifs is 1. The highest BCUT2D eigenvalue weighted by Crippen LogP contribution is 2.23. The van der Waals surface area contributed by atoms with Crippen molar-refractivity contribution in [2.75, 3.05) is 5.32 Å². The number of nitrogens with zero attached hydrogens (tertiary/aromatic N) is 2. The van der Waals surface area contributed by atoms with E-state index in [-0.39, 0.29) is 16.3 Å². The van der Waals surface area contributed by atoms with Gasteiger partial charge in [0.2, 0.25) is 10.0 Å². The van der Waals surface area contributed by atoms with Crippen LogP contribution in [0.5, 0.6) is 0 Å². The summed E-state index contributed by atoms with van der Waals surface area (Å²) in [5, 5.41) is 25.2. The summed E-state index contributed by atoms with van der Waals surface area (Å²) in [6.45, 7) is 0. The van der Waals surface area contributed by atoms with E-state index in [2.05, 4.69) is 15.5 Å². The van der Waals surface area contributed by atoms with Gasteiger partial charge in [0.05, 0.1) is 15.3 Å². The summed E-state index contributed by atoms with van der Waals surface area (Å²) in [5.74, 6) is -0.602. The molecule has 128 valence electrons. The molecular formula is C14H11N5O5S. The summed E-state index contributed by atoms with van der Waals surface area (Å²) >= 11 is 0. The van der Waals surface area contributed by atoms with Crippen molar-refractivity contribution in [3.05, 3.63) is 58.3 Å². The second kappa shape index (κ2) is 5.96. The predicted molar refractivity (Wildman–Crippen MR) is 88.5 cm³/mol. The Morgan fingerprint density at radius 2 is 1.88 bits per heavy atom. The summed E-state index contributed by atoms with van der Waals surface area (Å²) in [5.41, 5.74) is 0.606. The van der Waals surface area contributed by atoms with Crippen molar-refractivity contribution in [1.29, 1.82) is 0 Å². The zero-order valence-corrected chi connectivity index (χ0v) is 13.3. The molecule has 0 bridgehead atoms. The van der Waals surface area contributed by atoms with E-state index in [9.17, 15) is 23.3 Å². The Morgan fingerprint density at radius 1 is 1.20 bits per heavy atom. The van der Waals surface area contributed by atoms with E-state index < -0.39 is 20.9 Å². The molecular weight excluding hydrogens is 350 g/mol. The molecule has 1 amide bonds. The molecule has 0 radical (unpaired) electrons. The first-order valence-corrected chi connectivity index (χ1v) is 8.37. The SMILES string of the molecule is NS(=O)(=O)c1ccc(NC(=O)c2n[nH]c3ccc([N+](=O)[O-])cc23)cc1. The largest absolute Gasteiger partial charge is 0.321 e. The van der Waals surface area contributed by atoms with Crippen LogP contribution in [0.3, 0.4) is 0 Å². The van der Waals surface area contributed by atoms with Crippen LogP contribution in [0.1, 0.15) is 10.5 Å². The molecule has 4 N–H and O–H groups in total. The fourth-order valence-electron chi connectivity index (χ4n) is 2.21. The molecule has 3 aromatic rings. The number of non-ortho nitro benzene ring substituents is 1. The number of primary sulfonamides is 1. The van der Waals surface area contributed by atoms with E-state index >= 15 is 0 Å². The number of benzene rings is 2. The van der Waals surface area contributed by atoms with Gasteiger partial charge in [-0.2, -0.15) is 5.10 Å². The van der Waals surface area contributed by atoms with Crippen LogP contribution in [0.15, 0.2) is 47.4 Å². The fraction of sp³-hybridized carbons (Fsp3) is 0. The third kappa shape index (κ3) is 3.32. The number of nitro benzene ring substituents is 1. The number of hydrogen-bond acceptors (Lipinski definition) is 6. The van der Waals surface area contributed by atoms with Gasteiger partial charge in [0.15, 0.2) is 5.69 Å². The molecule has 0 aliphatic carbocycles. The summed E-state index contributed by atoms with van der Waals surface area (Å²) in [7, 11) is -3.83. The molecule has 0 fully saturated rings. The van der Waals surface area contributed by atoms with Crippen molar-refractivity contribution >= 4 is 38.2 Å². The molecule has 25 heavy (non-hydrogen) atoms. The molecule has 3 rings (SSSR count). The van der Waals surface area contributed by atoms with E-state index in [1.165, 1.54) is 42.5 Å². The zero-order valence-electron chi connectivity index (χ0n) is 12.5. The number of hydrogen-bond donors (Lipinski definition) is 3. The van der Waals surface area contributed by atoms with Crippen molar-refractivity contribution in [3.63, 3.8) is 0 Å². The van der Waals surface area contributed by atoms with Crippen LogP contribution in [0, 0.1) is 10.1 Å². The van der Waals surface area contributed by atoms with Crippen molar-refractivity contribution in [3.8, 4) is 0 Å². The van der Waals surface area contributed by atoms with E-state index in [0.717, 1.165) is 0 Å². The first kappa shape index (κ1) is 16.5. The van der Waals surface area contributed by atoms with Gasteiger partial charge in [0.1, 0.15) is 0 Å². The minimum absolute atomic E-state index is 0.0192. The second-order valence-corrected chi connectivity index (χ2v) is 6.64. The average molecular weight is 361 g/mol. The maximum absolute atomic E-state index is 12.3. The van der Waals surface area contributed by atoms with Crippen LogP contribution in [0.4, 0.5) is 11.4 Å². The van der Waals surface area contributed by atoms with Gasteiger partial charge in [-0.3, -0.25) is 20.0 Å². The normalized spacial score (nSPS) is 11.4. The third-order valence-electron chi connectivity index (χ3n) is 3.41. The highest BCUT2D eigenvalue weighted by Gasteiger charge is 2.17. The lowest BCUT2D eigenvalue weighted by Gasteiger charge is -2.04. The number of aromatic nitrogens is 2. The van der Waals surface area contributed by atoms with Crippen molar-refractivity contribution < 1.29 is 18.1 Å². The molecule has 0 spiro atoms. The standard InChI is InChI=1S/C14H11N5O5S/c15-25(23,24)10-4-1-8(2-5-10)16-14(20)13-11-7-9(19(21)22)3-6-12(11)17-18-13/h1-7H,(H,16,20)(H,17,18)(H2,15,23,24). The predicted octanol–water partition coefficient (Wildman–Crippen LogP) is 1.37. The Bertz CT molecular complexity index is 1090. The molecule has 2 aromatic carbocycles. The minimum atomic E-state index is -3.83. The number of carbonyl (C=O) groups is 1. The van der Waals surface area contributed by atoms with Gasteiger partial charge >= 0.3 is 0 Å². The molecule has 1 heterocycles. The number of sulfonamides is 1. The molecule has 0 atom stereocenters. The highest BCUT2D eigenvalue weighted by molar-refractivity contribution is 7.89. The smallest absolute Gasteiger partial charge is 0.276 e. The van der Waals surface area contributed by atoms with Crippen LogP contribution in [-0.4, -0.2) is 29.4 Å². The van der Waals surface area contributed by atoms with E-state index in [4.69, 9.17) is 5.14 Å². The Hall–Kier alpha value is -3.31. The zero-order chi connectivity index (χ0) is 18.2. The molecule has 0 aliphatic heterocycles. The van der Waals surface area contributed by atoms with E-state index in [1.54, 1.807) is 0 Å². The number of anilines is 1. The number of carbonyl (C=O) groups excluding carboxylic acids is 1. The van der Waals surface area contributed by atoms with Crippen LogP contribution in [0.25, 0.3) is 10.9 Å². The molecule has 0 saturated heterocycles. The van der Waals surface area contributed by atoms with Gasteiger partial charge in [0.25, 0.3) is 11.6 Å². The fourth-order valence-corrected chi connectivity index (χ4v) is 2.72. The number of aromatic amines is 1. The Labute approximate surface area is 140 Å². The molecule has 0 saturated carbocycles. The monoisotopic (exact) mass is 361 g/mol. The van der Waals surface area contributed by atoms with Gasteiger partial charge in [-0.15, -0.1) is 0 Å². The van der Waals surface area contributed by atoms with E-state index in [1.807, 2.05) is 0 Å². The highest BCUT2D eigenvalue weighted by atomic mass is 32.2. The number of H-pyrrole nitrogens is 1. The molecule has 0 unspecified atom stereocenters. The van der Waals surface area contributed by atoms with E-state index in [0.29, 0.717) is 16.6 Å². The second-order valence-electron chi connectivity index (χ2n) is 5.08. The number of rotatable bonds is 4. The lowest BCUT2D eigenvalue weighted by Crippen LogP contribution is -2.14. The van der Waals surface area contributed by atoms with Crippen LogP contribution >= 0.6 is 0 Å². The summed E-state index contributed by atoms with van der Waals surface area (Å²) in [6.07, 6.45) is 0. The maximum Gasteiger partial charge on any atom is 0.276 e. The number of nitrogens with one attached hydrogen (secondary N) is 2. The van der Waals surface area contributed by atoms with Gasteiger partial charge in [0, 0.05) is 23.2 Å². The Kier molecular flexibility index (Phi) is 3.94. The quantitative estimate of drug-likeness (QED) is 0.469. The molecule has 10 nitrogen and oxygen atoms in total. The maximum atomic E-state index is 12.3. The summed E-state index contributed by atoms with van der Waals surface area (Å²) in [4.78, 5) is 22.6. The lowest BCUT2D eigenvalue weighted by molar-refractivity contribution is -0.384. The van der Waals surface area contributed by atoms with Crippen LogP contribution in [-0.2, 0) is 10.0 Å². The Morgan fingerprint density at radius 3 is 2.48 bits per heavy atom. The average Bonchev–Trinajstić information content (AvgIpc) is 2.97. The van der Waals surface area contributed by atoms with Crippen molar-refractivity contribution in [1.82, 2.24) is 10.2 Å². The number of amides is 1. The van der Waals surface area contributed by atoms with Gasteiger partial charge in [-0.25, -0.2) is 13.6 Å². The van der Waals surface area contributed by atoms with Crippen molar-refractivity contribution in [2.45, 2.75) is 4.90 Å². The van der Waals surface area contributed by atoms with Gasteiger partial charge < -0.3 is 5.32 Å². The number of nitrogens with two attached hydrogens (primary N) is 1. The summed E-state index contributed by atoms with van der Waals surface area (Å²) < 4.78 is 22.4. The minimum Gasteiger partial charge on any atom is -0.321 e. The first-order chi connectivity index (χ1) is 11.8. The van der Waals surface area contributed by atoms with Gasteiger partial charge in [-0.1, -0.05) is 0 Å². The summed E-state index contributed by atoms with van der Waals surface area (Å²) in [6, 6.07) is 9.24. The molecule has 11 heteroatoms. The Balaban J connectivity index is 1.90. The van der Waals surface area contributed by atoms with Crippen LogP contribution in [0.2, 0.25) is 0 Å². The topological polar surface area (TPSA) is 161 Å². The first-order valence-electron chi connectivity index (χ1n) is 6.82. The lowest BCUT2D eigenvalue weighted by atomic mass is 10.2. The molecule has 0 aliphatic rings. The molecule has 1 aromatic heterocycles. The number of nitro groups is 1. The van der Waals surface area contributed by atoms with Crippen LogP contribution < -0.4 is 10.5 Å². The van der Waals surface area contributed by atoms with Gasteiger partial charge in [-0.05, 0) is 30.3 Å².